The summed E-state index contributed by atoms with van der Waals surface area (Å²) in [4.78, 5) is 20.4. The quantitative estimate of drug-likeness (QED) is 0.892. The molecule has 0 spiro atoms. The van der Waals surface area contributed by atoms with Crippen molar-refractivity contribution in [1.29, 1.82) is 0 Å². The lowest BCUT2D eigenvalue weighted by Gasteiger charge is -2.36. The number of amides is 1. The highest BCUT2D eigenvalue weighted by molar-refractivity contribution is 9.10. The summed E-state index contributed by atoms with van der Waals surface area (Å²) in [7, 11) is 0. The lowest BCUT2D eigenvalue weighted by Crippen LogP contribution is -2.48. The van der Waals surface area contributed by atoms with Crippen molar-refractivity contribution in [1.82, 2.24) is 9.88 Å². The molecule has 2 heterocycles. The number of piperazine rings is 1. The first-order valence-electron chi connectivity index (χ1n) is 7.08. The number of rotatable bonds is 2. The summed E-state index contributed by atoms with van der Waals surface area (Å²) < 4.78 is 0.797. The fourth-order valence-corrected chi connectivity index (χ4v) is 2.96. The fraction of sp³-hybridized carbons (Fsp3) is 0.250. The van der Waals surface area contributed by atoms with E-state index in [2.05, 4.69) is 25.8 Å². The van der Waals surface area contributed by atoms with Crippen LogP contribution in [0.2, 0.25) is 0 Å². The van der Waals surface area contributed by atoms with Crippen LogP contribution in [0, 0.1) is 0 Å². The van der Waals surface area contributed by atoms with Crippen LogP contribution in [0.1, 0.15) is 10.4 Å². The second-order valence-electron chi connectivity index (χ2n) is 5.16. The number of carbonyl (C=O) groups excluding carboxylic acids is 1. The van der Waals surface area contributed by atoms with E-state index in [1.54, 1.807) is 30.6 Å². The van der Waals surface area contributed by atoms with E-state index in [1.165, 1.54) is 0 Å². The molecule has 1 N–H and O–H groups in total. The van der Waals surface area contributed by atoms with E-state index in [4.69, 9.17) is 0 Å². The summed E-state index contributed by atoms with van der Waals surface area (Å²) >= 11 is 3.33. The maximum atomic E-state index is 12.5. The Bertz CT molecular complexity index is 685. The average Bonchev–Trinajstić information content (AvgIpc) is 2.55. The number of pyridine rings is 1. The highest BCUT2D eigenvalue weighted by Crippen LogP contribution is 2.27. The number of carbonyl (C=O) groups is 1. The molecule has 0 saturated carbocycles. The van der Waals surface area contributed by atoms with Gasteiger partial charge in [0.1, 0.15) is 5.75 Å². The molecule has 1 fully saturated rings. The highest BCUT2D eigenvalue weighted by atomic mass is 79.9. The number of nitrogens with zero attached hydrogens (tertiary/aromatic N) is 3. The number of hydrogen-bond donors (Lipinski definition) is 1. The topological polar surface area (TPSA) is 56.7 Å². The molecule has 1 aromatic heterocycles. The Hall–Kier alpha value is -2.08. The SMILES string of the molecule is O=C(c1cncc(Br)c1)N1CCN(c2ccccc2O)CC1. The van der Waals surface area contributed by atoms with Crippen molar-refractivity contribution in [2.45, 2.75) is 0 Å². The third kappa shape index (κ3) is 3.06. The second-order valence-corrected chi connectivity index (χ2v) is 6.08. The van der Waals surface area contributed by atoms with Gasteiger partial charge in [-0.05, 0) is 34.1 Å². The Morgan fingerprint density at radius 1 is 1.14 bits per heavy atom. The highest BCUT2D eigenvalue weighted by Gasteiger charge is 2.23. The number of benzene rings is 1. The third-order valence-electron chi connectivity index (χ3n) is 3.74. The number of hydrogen-bond acceptors (Lipinski definition) is 4. The standard InChI is InChI=1S/C16H16BrN3O2/c17-13-9-12(10-18-11-13)16(22)20-7-5-19(6-8-20)14-3-1-2-4-15(14)21/h1-4,9-11,21H,5-8H2. The van der Waals surface area contributed by atoms with Gasteiger partial charge in [0.2, 0.25) is 0 Å². The molecule has 22 heavy (non-hydrogen) atoms. The summed E-state index contributed by atoms with van der Waals surface area (Å²) in [6.45, 7) is 2.65. The lowest BCUT2D eigenvalue weighted by atomic mass is 10.2. The molecule has 3 rings (SSSR count). The van der Waals surface area contributed by atoms with E-state index in [9.17, 15) is 9.90 Å². The van der Waals surface area contributed by atoms with Crippen molar-refractivity contribution in [3.05, 3.63) is 52.8 Å². The molecular formula is C16H16BrN3O2. The van der Waals surface area contributed by atoms with E-state index in [-0.39, 0.29) is 11.7 Å². The summed E-state index contributed by atoms with van der Waals surface area (Å²) in [5.41, 5.74) is 1.41. The summed E-state index contributed by atoms with van der Waals surface area (Å²) in [6.07, 6.45) is 3.25. The number of anilines is 1. The van der Waals surface area contributed by atoms with Gasteiger partial charge < -0.3 is 14.9 Å². The zero-order valence-electron chi connectivity index (χ0n) is 11.9. The van der Waals surface area contributed by atoms with Crippen molar-refractivity contribution in [3.8, 4) is 5.75 Å². The van der Waals surface area contributed by atoms with Gasteiger partial charge in [-0.1, -0.05) is 12.1 Å². The summed E-state index contributed by atoms with van der Waals surface area (Å²) in [5, 5.41) is 9.91. The number of halogens is 1. The van der Waals surface area contributed by atoms with Gasteiger partial charge in [0.05, 0.1) is 11.3 Å². The molecule has 1 saturated heterocycles. The first-order chi connectivity index (χ1) is 10.6. The van der Waals surface area contributed by atoms with Crippen LogP contribution in [0.15, 0.2) is 47.2 Å². The van der Waals surface area contributed by atoms with E-state index in [0.717, 1.165) is 10.2 Å². The van der Waals surface area contributed by atoms with Crippen LogP contribution >= 0.6 is 15.9 Å². The smallest absolute Gasteiger partial charge is 0.255 e. The molecular weight excluding hydrogens is 346 g/mol. The Labute approximate surface area is 137 Å². The molecule has 1 aromatic carbocycles. The molecule has 2 aromatic rings. The molecule has 6 heteroatoms. The van der Waals surface area contributed by atoms with Gasteiger partial charge in [-0.3, -0.25) is 9.78 Å². The van der Waals surface area contributed by atoms with Crippen LogP contribution in [0.5, 0.6) is 5.75 Å². The van der Waals surface area contributed by atoms with E-state index >= 15 is 0 Å². The van der Waals surface area contributed by atoms with Gasteiger partial charge in [-0.2, -0.15) is 0 Å². The van der Waals surface area contributed by atoms with Crippen molar-refractivity contribution in [2.75, 3.05) is 31.1 Å². The molecule has 1 aliphatic rings. The molecule has 0 unspecified atom stereocenters. The lowest BCUT2D eigenvalue weighted by molar-refractivity contribution is 0.0746. The van der Waals surface area contributed by atoms with Crippen LogP contribution in [-0.4, -0.2) is 47.1 Å². The van der Waals surface area contributed by atoms with Crippen molar-refractivity contribution < 1.29 is 9.90 Å². The molecule has 114 valence electrons. The van der Waals surface area contributed by atoms with Crippen molar-refractivity contribution in [2.24, 2.45) is 0 Å². The van der Waals surface area contributed by atoms with Crippen molar-refractivity contribution >= 4 is 27.5 Å². The van der Waals surface area contributed by atoms with Gasteiger partial charge in [-0.15, -0.1) is 0 Å². The van der Waals surface area contributed by atoms with Crippen LogP contribution in [0.4, 0.5) is 5.69 Å². The first-order valence-corrected chi connectivity index (χ1v) is 7.87. The van der Waals surface area contributed by atoms with E-state index in [0.29, 0.717) is 31.7 Å². The number of aromatic nitrogens is 1. The van der Waals surface area contributed by atoms with Crippen LogP contribution in [0.25, 0.3) is 0 Å². The van der Waals surface area contributed by atoms with E-state index in [1.807, 2.05) is 17.0 Å². The van der Waals surface area contributed by atoms with Crippen molar-refractivity contribution in [3.63, 3.8) is 0 Å². The number of phenols is 1. The Morgan fingerprint density at radius 3 is 2.55 bits per heavy atom. The minimum Gasteiger partial charge on any atom is -0.506 e. The van der Waals surface area contributed by atoms with Crippen LogP contribution in [0.3, 0.4) is 0 Å². The minimum absolute atomic E-state index is 0.00858. The maximum absolute atomic E-state index is 12.5. The Balaban J connectivity index is 1.67. The Morgan fingerprint density at radius 2 is 1.86 bits per heavy atom. The number of aromatic hydroxyl groups is 1. The molecule has 1 amide bonds. The van der Waals surface area contributed by atoms with Crippen LogP contribution < -0.4 is 4.90 Å². The van der Waals surface area contributed by atoms with Gasteiger partial charge in [0, 0.05) is 43.0 Å². The summed E-state index contributed by atoms with van der Waals surface area (Å²) in [5.74, 6) is 0.268. The monoisotopic (exact) mass is 361 g/mol. The van der Waals surface area contributed by atoms with Gasteiger partial charge in [0.15, 0.2) is 0 Å². The van der Waals surface area contributed by atoms with E-state index < -0.39 is 0 Å². The second kappa shape index (κ2) is 6.36. The molecule has 0 radical (unpaired) electrons. The molecule has 5 nitrogen and oxygen atoms in total. The average molecular weight is 362 g/mol. The first kappa shape index (κ1) is 14.8. The van der Waals surface area contributed by atoms with Crippen LogP contribution in [-0.2, 0) is 0 Å². The molecule has 0 atom stereocenters. The van der Waals surface area contributed by atoms with Gasteiger partial charge >= 0.3 is 0 Å². The Kier molecular flexibility index (Phi) is 4.29. The zero-order valence-corrected chi connectivity index (χ0v) is 13.5. The third-order valence-corrected chi connectivity index (χ3v) is 4.17. The number of para-hydroxylation sites is 2. The largest absolute Gasteiger partial charge is 0.506 e. The fourth-order valence-electron chi connectivity index (χ4n) is 2.59. The predicted molar refractivity (Wildman–Crippen MR) is 88.2 cm³/mol. The zero-order chi connectivity index (χ0) is 15.5. The molecule has 0 aliphatic carbocycles. The van der Waals surface area contributed by atoms with Gasteiger partial charge in [0.25, 0.3) is 5.91 Å². The molecule has 1 aliphatic heterocycles. The predicted octanol–water partition coefficient (Wildman–Crippen LogP) is 2.51. The number of phenolic OH excluding ortho intramolecular Hbond substituents is 1. The van der Waals surface area contributed by atoms with Gasteiger partial charge in [-0.25, -0.2) is 0 Å². The normalized spacial score (nSPS) is 15.0. The summed E-state index contributed by atoms with van der Waals surface area (Å²) in [6, 6.07) is 9.06. The maximum Gasteiger partial charge on any atom is 0.255 e. The molecule has 0 bridgehead atoms. The minimum atomic E-state index is -0.00858.